The van der Waals surface area contributed by atoms with Crippen LogP contribution in [0.25, 0.3) is 0 Å². The summed E-state index contributed by atoms with van der Waals surface area (Å²) in [6.07, 6.45) is 0. The molecular weight excluding hydrogens is 326 g/mol. The third-order valence-corrected chi connectivity index (χ3v) is 4.59. The largest absolute Gasteiger partial charge is 0.335 e. The van der Waals surface area contributed by atoms with Crippen LogP contribution in [0.5, 0.6) is 0 Å². The summed E-state index contributed by atoms with van der Waals surface area (Å²) in [6, 6.07) is 13.5. The number of carbonyl (C=O) groups is 2. The summed E-state index contributed by atoms with van der Waals surface area (Å²) in [6.45, 7) is 8.16. The van der Waals surface area contributed by atoms with E-state index in [4.69, 9.17) is 0 Å². The van der Waals surface area contributed by atoms with Gasteiger partial charge in [-0.2, -0.15) is 0 Å². The molecule has 3 amide bonds. The number of aryl methyl sites for hydroxylation is 3. The maximum absolute atomic E-state index is 12.7. The number of piperazine rings is 1. The molecule has 0 bridgehead atoms. The van der Waals surface area contributed by atoms with E-state index in [1.807, 2.05) is 62.1 Å². The Bertz CT molecular complexity index is 804. The fraction of sp³-hybridized carbons (Fsp3) is 0.333. The number of nitrogens with zero attached hydrogens (tertiary/aromatic N) is 2. The summed E-state index contributed by atoms with van der Waals surface area (Å²) in [5.74, 6) is 0.0375. The van der Waals surface area contributed by atoms with Gasteiger partial charge in [-0.1, -0.05) is 29.3 Å². The first-order valence-corrected chi connectivity index (χ1v) is 8.92. The summed E-state index contributed by atoms with van der Waals surface area (Å²) in [5.41, 5.74) is 4.80. The van der Waals surface area contributed by atoms with Crippen LogP contribution < -0.4 is 5.32 Å². The molecule has 0 aliphatic carbocycles. The van der Waals surface area contributed by atoms with Gasteiger partial charge in [0.15, 0.2) is 0 Å². The van der Waals surface area contributed by atoms with E-state index >= 15 is 0 Å². The standard InChI is InChI=1S/C21H25N3O2/c1-15-5-4-6-19(14-15)22-21(26)24-9-7-23(8-10-24)20(25)18-12-16(2)11-17(3)13-18/h4-6,11-14H,7-10H2,1-3H3,(H,22,26). The minimum atomic E-state index is -0.117. The van der Waals surface area contributed by atoms with Crippen molar-refractivity contribution in [1.82, 2.24) is 9.80 Å². The lowest BCUT2D eigenvalue weighted by Crippen LogP contribution is -2.51. The SMILES string of the molecule is Cc1cccc(NC(=O)N2CCN(C(=O)c3cc(C)cc(C)c3)CC2)c1. The van der Waals surface area contributed by atoms with E-state index in [2.05, 4.69) is 11.4 Å². The number of hydrogen-bond acceptors (Lipinski definition) is 2. The first kappa shape index (κ1) is 18.0. The molecule has 1 fully saturated rings. The fourth-order valence-corrected chi connectivity index (χ4v) is 3.32. The van der Waals surface area contributed by atoms with Crippen molar-refractivity contribution in [3.63, 3.8) is 0 Å². The van der Waals surface area contributed by atoms with Crippen LogP contribution in [0.15, 0.2) is 42.5 Å². The number of nitrogens with one attached hydrogen (secondary N) is 1. The van der Waals surface area contributed by atoms with E-state index in [0.717, 1.165) is 27.9 Å². The smallest absolute Gasteiger partial charge is 0.321 e. The van der Waals surface area contributed by atoms with Gasteiger partial charge in [-0.3, -0.25) is 4.79 Å². The number of amides is 3. The lowest BCUT2D eigenvalue weighted by Gasteiger charge is -2.34. The van der Waals surface area contributed by atoms with Gasteiger partial charge in [-0.05, 0) is 50.6 Å². The predicted molar refractivity (Wildman–Crippen MR) is 104 cm³/mol. The lowest BCUT2D eigenvalue weighted by atomic mass is 10.1. The Morgan fingerprint density at radius 1 is 0.808 bits per heavy atom. The van der Waals surface area contributed by atoms with Crippen LogP contribution >= 0.6 is 0 Å². The van der Waals surface area contributed by atoms with E-state index in [1.165, 1.54) is 0 Å². The van der Waals surface area contributed by atoms with E-state index in [9.17, 15) is 9.59 Å². The molecular formula is C21H25N3O2. The van der Waals surface area contributed by atoms with Gasteiger partial charge >= 0.3 is 6.03 Å². The highest BCUT2D eigenvalue weighted by molar-refractivity contribution is 5.95. The molecule has 0 atom stereocenters. The molecule has 26 heavy (non-hydrogen) atoms. The minimum absolute atomic E-state index is 0.0375. The van der Waals surface area contributed by atoms with Gasteiger partial charge in [-0.25, -0.2) is 4.79 Å². The molecule has 5 nitrogen and oxygen atoms in total. The second-order valence-electron chi connectivity index (χ2n) is 6.96. The van der Waals surface area contributed by atoms with Crippen molar-refractivity contribution in [3.8, 4) is 0 Å². The number of rotatable bonds is 2. The zero-order chi connectivity index (χ0) is 18.7. The number of benzene rings is 2. The molecule has 1 saturated heterocycles. The average molecular weight is 351 g/mol. The van der Waals surface area contributed by atoms with Gasteiger partial charge in [0, 0.05) is 37.4 Å². The maximum atomic E-state index is 12.7. The van der Waals surface area contributed by atoms with Gasteiger partial charge in [0.1, 0.15) is 0 Å². The van der Waals surface area contributed by atoms with Crippen LogP contribution in [0.2, 0.25) is 0 Å². The molecule has 0 radical (unpaired) electrons. The molecule has 0 aromatic heterocycles. The fourth-order valence-electron chi connectivity index (χ4n) is 3.32. The quantitative estimate of drug-likeness (QED) is 0.899. The number of hydrogen-bond donors (Lipinski definition) is 1. The van der Waals surface area contributed by atoms with Gasteiger partial charge in [-0.15, -0.1) is 0 Å². The summed E-state index contributed by atoms with van der Waals surface area (Å²) < 4.78 is 0. The highest BCUT2D eigenvalue weighted by Gasteiger charge is 2.25. The molecule has 2 aromatic carbocycles. The van der Waals surface area contributed by atoms with Crippen molar-refractivity contribution in [2.45, 2.75) is 20.8 Å². The Kier molecular flexibility index (Phi) is 5.26. The van der Waals surface area contributed by atoms with E-state index < -0.39 is 0 Å². The van der Waals surface area contributed by atoms with Gasteiger partial charge in [0.2, 0.25) is 0 Å². The summed E-state index contributed by atoms with van der Waals surface area (Å²) in [4.78, 5) is 28.7. The normalized spacial score (nSPS) is 14.3. The molecule has 0 saturated carbocycles. The topological polar surface area (TPSA) is 52.7 Å². The van der Waals surface area contributed by atoms with Gasteiger partial charge < -0.3 is 15.1 Å². The Morgan fingerprint density at radius 2 is 1.42 bits per heavy atom. The molecule has 3 rings (SSSR count). The molecule has 0 spiro atoms. The molecule has 136 valence electrons. The first-order valence-electron chi connectivity index (χ1n) is 8.92. The van der Waals surface area contributed by atoms with Crippen LogP contribution in [-0.4, -0.2) is 47.9 Å². The van der Waals surface area contributed by atoms with E-state index in [0.29, 0.717) is 26.2 Å². The van der Waals surface area contributed by atoms with Crippen LogP contribution in [0.3, 0.4) is 0 Å². The van der Waals surface area contributed by atoms with Crippen molar-refractivity contribution in [2.24, 2.45) is 0 Å². The molecule has 0 unspecified atom stereocenters. The Labute approximate surface area is 154 Å². The first-order chi connectivity index (χ1) is 12.4. The highest BCUT2D eigenvalue weighted by atomic mass is 16.2. The molecule has 1 N–H and O–H groups in total. The molecule has 2 aromatic rings. The molecule has 1 heterocycles. The Balaban J connectivity index is 1.58. The predicted octanol–water partition coefficient (Wildman–Crippen LogP) is 3.60. The molecule has 5 heteroatoms. The zero-order valence-corrected chi connectivity index (χ0v) is 15.6. The van der Waals surface area contributed by atoms with Crippen LogP contribution in [0.4, 0.5) is 10.5 Å². The van der Waals surface area contributed by atoms with Crippen LogP contribution in [-0.2, 0) is 0 Å². The number of carbonyl (C=O) groups excluding carboxylic acids is 2. The van der Waals surface area contributed by atoms with Crippen LogP contribution in [0, 0.1) is 20.8 Å². The van der Waals surface area contributed by atoms with E-state index in [1.54, 1.807) is 4.90 Å². The minimum Gasteiger partial charge on any atom is -0.335 e. The van der Waals surface area contributed by atoms with Crippen molar-refractivity contribution < 1.29 is 9.59 Å². The van der Waals surface area contributed by atoms with Gasteiger partial charge in [0.05, 0.1) is 0 Å². The van der Waals surface area contributed by atoms with Crippen molar-refractivity contribution in [3.05, 3.63) is 64.7 Å². The van der Waals surface area contributed by atoms with Crippen molar-refractivity contribution in [2.75, 3.05) is 31.5 Å². The summed E-state index contributed by atoms with van der Waals surface area (Å²) >= 11 is 0. The van der Waals surface area contributed by atoms with E-state index in [-0.39, 0.29) is 11.9 Å². The number of urea groups is 1. The summed E-state index contributed by atoms with van der Waals surface area (Å²) in [7, 11) is 0. The third kappa shape index (κ3) is 4.23. The second kappa shape index (κ2) is 7.60. The maximum Gasteiger partial charge on any atom is 0.321 e. The average Bonchev–Trinajstić information content (AvgIpc) is 2.60. The van der Waals surface area contributed by atoms with Crippen molar-refractivity contribution >= 4 is 17.6 Å². The van der Waals surface area contributed by atoms with Crippen molar-refractivity contribution in [1.29, 1.82) is 0 Å². The number of anilines is 1. The summed E-state index contributed by atoms with van der Waals surface area (Å²) in [5, 5.41) is 2.93. The second-order valence-corrected chi connectivity index (χ2v) is 6.96. The van der Waals surface area contributed by atoms with Crippen LogP contribution in [0.1, 0.15) is 27.0 Å². The Morgan fingerprint density at radius 3 is 2.04 bits per heavy atom. The highest BCUT2D eigenvalue weighted by Crippen LogP contribution is 2.15. The lowest BCUT2D eigenvalue weighted by molar-refractivity contribution is 0.0671. The zero-order valence-electron chi connectivity index (χ0n) is 15.6. The molecule has 1 aliphatic heterocycles. The van der Waals surface area contributed by atoms with Gasteiger partial charge in [0.25, 0.3) is 5.91 Å². The third-order valence-electron chi connectivity index (χ3n) is 4.59. The monoisotopic (exact) mass is 351 g/mol. The Hall–Kier alpha value is -2.82. The molecule has 1 aliphatic rings.